The number of piperazine rings is 1. The van der Waals surface area contributed by atoms with E-state index < -0.39 is 15.8 Å². The zero-order valence-electron chi connectivity index (χ0n) is 15.2. The molecule has 1 saturated heterocycles. The van der Waals surface area contributed by atoms with Gasteiger partial charge in [-0.25, -0.2) is 17.8 Å². The van der Waals surface area contributed by atoms with E-state index in [1.54, 1.807) is 6.20 Å². The van der Waals surface area contributed by atoms with Crippen molar-refractivity contribution in [1.82, 2.24) is 24.1 Å². The lowest BCUT2D eigenvalue weighted by Crippen LogP contribution is -2.49. The second-order valence-corrected chi connectivity index (χ2v) is 8.38. The van der Waals surface area contributed by atoms with E-state index in [1.165, 1.54) is 22.5 Å². The maximum absolute atomic E-state index is 13.4. The monoisotopic (exact) mass is 402 g/mol. The van der Waals surface area contributed by atoms with Crippen molar-refractivity contribution in [2.24, 2.45) is 0 Å². The molecule has 3 aromatic rings. The van der Waals surface area contributed by atoms with E-state index in [1.807, 2.05) is 34.7 Å². The molecule has 1 aliphatic rings. The summed E-state index contributed by atoms with van der Waals surface area (Å²) in [7, 11) is -3.71. The van der Waals surface area contributed by atoms with Crippen molar-refractivity contribution in [3.8, 4) is 5.82 Å². The third-order valence-corrected chi connectivity index (χ3v) is 6.60. The van der Waals surface area contributed by atoms with Gasteiger partial charge in [-0.15, -0.1) is 10.2 Å². The van der Waals surface area contributed by atoms with Crippen LogP contribution in [0.1, 0.15) is 5.82 Å². The Hall–Kier alpha value is -2.85. The van der Waals surface area contributed by atoms with Crippen LogP contribution in [0.3, 0.4) is 0 Å². The number of aryl methyl sites for hydroxylation is 1. The smallest absolute Gasteiger partial charge is 0.243 e. The molecule has 0 N–H and O–H groups in total. The van der Waals surface area contributed by atoms with Gasteiger partial charge in [0, 0.05) is 38.6 Å². The van der Waals surface area contributed by atoms with E-state index >= 15 is 0 Å². The SMILES string of the molecule is Cc1nccn1-c1ccc(N2CCN(S(=O)(=O)c3cccc(F)c3)CC2)nn1. The maximum Gasteiger partial charge on any atom is 0.243 e. The first kappa shape index (κ1) is 18.5. The molecule has 0 amide bonds. The Morgan fingerprint density at radius 3 is 2.32 bits per heavy atom. The van der Waals surface area contributed by atoms with Gasteiger partial charge in [0.1, 0.15) is 11.6 Å². The fourth-order valence-electron chi connectivity index (χ4n) is 3.17. The molecule has 0 radical (unpaired) electrons. The number of sulfonamides is 1. The maximum atomic E-state index is 13.4. The van der Waals surface area contributed by atoms with Gasteiger partial charge in [-0.3, -0.25) is 4.57 Å². The van der Waals surface area contributed by atoms with Gasteiger partial charge in [-0.2, -0.15) is 4.31 Å². The average molecular weight is 402 g/mol. The van der Waals surface area contributed by atoms with Crippen molar-refractivity contribution < 1.29 is 12.8 Å². The van der Waals surface area contributed by atoms with E-state index in [4.69, 9.17) is 0 Å². The van der Waals surface area contributed by atoms with Crippen molar-refractivity contribution in [3.63, 3.8) is 0 Å². The molecule has 1 aliphatic heterocycles. The number of benzene rings is 1. The standard InChI is InChI=1S/C18H19FN6O2S/c1-14-20-7-8-25(14)18-6-5-17(21-22-18)23-9-11-24(12-10-23)28(26,27)16-4-2-3-15(19)13-16/h2-8,13H,9-12H2,1H3. The van der Waals surface area contributed by atoms with Crippen LogP contribution in [-0.2, 0) is 10.0 Å². The number of hydrogen-bond acceptors (Lipinski definition) is 6. The van der Waals surface area contributed by atoms with Crippen LogP contribution in [0, 0.1) is 12.7 Å². The van der Waals surface area contributed by atoms with Crippen LogP contribution < -0.4 is 4.90 Å². The highest BCUT2D eigenvalue weighted by atomic mass is 32.2. The van der Waals surface area contributed by atoms with E-state index in [-0.39, 0.29) is 4.90 Å². The van der Waals surface area contributed by atoms with Crippen LogP contribution in [0.15, 0.2) is 53.7 Å². The summed E-state index contributed by atoms with van der Waals surface area (Å²) in [6, 6.07) is 8.80. The van der Waals surface area contributed by atoms with Crippen LogP contribution in [0.2, 0.25) is 0 Å². The molecule has 0 atom stereocenters. The minimum Gasteiger partial charge on any atom is -0.352 e. The van der Waals surface area contributed by atoms with Crippen LogP contribution in [0.25, 0.3) is 5.82 Å². The molecule has 0 spiro atoms. The van der Waals surface area contributed by atoms with E-state index in [2.05, 4.69) is 15.2 Å². The number of halogens is 1. The Morgan fingerprint density at radius 2 is 1.71 bits per heavy atom. The summed E-state index contributed by atoms with van der Waals surface area (Å²) in [5.74, 6) is 1.61. The normalized spacial score (nSPS) is 15.7. The molecule has 0 bridgehead atoms. The molecule has 1 aromatic carbocycles. The predicted octanol–water partition coefficient (Wildman–Crippen LogP) is 1.62. The molecule has 2 aromatic heterocycles. The van der Waals surface area contributed by atoms with Crippen molar-refractivity contribution in [3.05, 3.63) is 60.4 Å². The van der Waals surface area contributed by atoms with Gasteiger partial charge in [0.2, 0.25) is 10.0 Å². The fourth-order valence-corrected chi connectivity index (χ4v) is 4.62. The van der Waals surface area contributed by atoms with Crippen molar-refractivity contribution in [2.45, 2.75) is 11.8 Å². The number of anilines is 1. The third-order valence-electron chi connectivity index (χ3n) is 4.71. The lowest BCUT2D eigenvalue weighted by atomic mass is 10.3. The lowest BCUT2D eigenvalue weighted by Gasteiger charge is -2.34. The first-order chi connectivity index (χ1) is 13.4. The number of hydrogen-bond donors (Lipinski definition) is 0. The summed E-state index contributed by atoms with van der Waals surface area (Å²) in [4.78, 5) is 6.12. The molecule has 0 unspecified atom stereocenters. The average Bonchev–Trinajstić information content (AvgIpc) is 3.14. The molecule has 28 heavy (non-hydrogen) atoms. The van der Waals surface area contributed by atoms with Gasteiger partial charge >= 0.3 is 0 Å². The second-order valence-electron chi connectivity index (χ2n) is 6.44. The number of nitrogens with zero attached hydrogens (tertiary/aromatic N) is 6. The first-order valence-corrected chi connectivity index (χ1v) is 10.2. The minimum atomic E-state index is -3.71. The van der Waals surface area contributed by atoms with Crippen LogP contribution >= 0.6 is 0 Å². The van der Waals surface area contributed by atoms with Gasteiger partial charge in [-0.1, -0.05) is 6.07 Å². The van der Waals surface area contributed by atoms with E-state index in [0.717, 1.165) is 11.9 Å². The largest absolute Gasteiger partial charge is 0.352 e. The van der Waals surface area contributed by atoms with Crippen LogP contribution in [0.5, 0.6) is 0 Å². The zero-order chi connectivity index (χ0) is 19.7. The fraction of sp³-hybridized carbons (Fsp3) is 0.278. The highest BCUT2D eigenvalue weighted by Gasteiger charge is 2.29. The van der Waals surface area contributed by atoms with Gasteiger partial charge < -0.3 is 4.90 Å². The molecule has 0 saturated carbocycles. The van der Waals surface area contributed by atoms with Gasteiger partial charge in [0.25, 0.3) is 0 Å². The van der Waals surface area contributed by atoms with E-state index in [9.17, 15) is 12.8 Å². The molecule has 8 nitrogen and oxygen atoms in total. The lowest BCUT2D eigenvalue weighted by molar-refractivity contribution is 0.383. The molecule has 10 heteroatoms. The summed E-state index contributed by atoms with van der Waals surface area (Å²) in [6.45, 7) is 3.43. The number of aromatic nitrogens is 4. The topological polar surface area (TPSA) is 84.2 Å². The molecular weight excluding hydrogens is 383 g/mol. The van der Waals surface area contributed by atoms with Crippen LogP contribution in [-0.4, -0.2) is 58.7 Å². The first-order valence-electron chi connectivity index (χ1n) is 8.80. The number of imidazole rings is 1. The Balaban J connectivity index is 1.45. The molecule has 0 aliphatic carbocycles. The Kier molecular flexibility index (Phi) is 4.82. The Morgan fingerprint density at radius 1 is 1.00 bits per heavy atom. The summed E-state index contributed by atoms with van der Waals surface area (Å²) < 4.78 is 42.0. The molecule has 146 valence electrons. The Bertz CT molecular complexity index is 1080. The minimum absolute atomic E-state index is 0.0270. The second kappa shape index (κ2) is 7.28. The molecule has 4 rings (SSSR count). The highest BCUT2D eigenvalue weighted by molar-refractivity contribution is 7.89. The summed E-state index contributed by atoms with van der Waals surface area (Å²) >= 11 is 0. The van der Waals surface area contributed by atoms with Gasteiger partial charge in [-0.05, 0) is 37.3 Å². The van der Waals surface area contributed by atoms with Crippen molar-refractivity contribution in [2.75, 3.05) is 31.1 Å². The quantitative estimate of drug-likeness (QED) is 0.659. The van der Waals surface area contributed by atoms with E-state index in [0.29, 0.717) is 37.8 Å². The Labute approximate surface area is 162 Å². The zero-order valence-corrected chi connectivity index (χ0v) is 16.0. The summed E-state index contributed by atoms with van der Waals surface area (Å²) in [5, 5.41) is 8.51. The van der Waals surface area contributed by atoms with Crippen LogP contribution in [0.4, 0.5) is 10.2 Å². The van der Waals surface area contributed by atoms with Gasteiger partial charge in [0.05, 0.1) is 4.90 Å². The number of rotatable bonds is 4. The van der Waals surface area contributed by atoms with Crippen molar-refractivity contribution >= 4 is 15.8 Å². The summed E-state index contributed by atoms with van der Waals surface area (Å²) in [6.07, 6.45) is 3.51. The molecular formula is C18H19FN6O2S. The van der Waals surface area contributed by atoms with Gasteiger partial charge in [0.15, 0.2) is 11.6 Å². The third kappa shape index (κ3) is 3.48. The predicted molar refractivity (Wildman–Crippen MR) is 101 cm³/mol. The molecule has 1 fully saturated rings. The van der Waals surface area contributed by atoms with Crippen molar-refractivity contribution in [1.29, 1.82) is 0 Å². The molecule has 3 heterocycles. The summed E-state index contributed by atoms with van der Waals surface area (Å²) in [5.41, 5.74) is 0. The highest BCUT2D eigenvalue weighted by Crippen LogP contribution is 2.21.